The van der Waals surface area contributed by atoms with E-state index < -0.39 is 23.1 Å². The van der Waals surface area contributed by atoms with Gasteiger partial charge in [-0.3, -0.25) is 0 Å². The average molecular weight is 264 g/mol. The fraction of sp³-hybridized carbons (Fsp3) is 0.200. The second-order valence-corrected chi connectivity index (χ2v) is 4.74. The molecule has 1 atom stereocenters. The van der Waals surface area contributed by atoms with E-state index in [4.69, 9.17) is 0 Å². The SMILES string of the molecule is OC1(c2ccc(F)c(F)c2F)CCc2ccccc21. The van der Waals surface area contributed by atoms with Crippen molar-refractivity contribution in [2.24, 2.45) is 0 Å². The number of aryl methyl sites for hydroxylation is 1. The van der Waals surface area contributed by atoms with Gasteiger partial charge in [0.15, 0.2) is 17.5 Å². The van der Waals surface area contributed by atoms with E-state index in [0.717, 1.165) is 17.7 Å². The third kappa shape index (κ3) is 1.67. The summed E-state index contributed by atoms with van der Waals surface area (Å²) < 4.78 is 40.2. The predicted molar refractivity (Wildman–Crippen MR) is 64.1 cm³/mol. The Hall–Kier alpha value is -1.81. The van der Waals surface area contributed by atoms with Crippen molar-refractivity contribution in [3.8, 4) is 0 Å². The topological polar surface area (TPSA) is 20.2 Å². The molecule has 1 unspecified atom stereocenters. The number of aliphatic hydroxyl groups is 1. The maximum atomic E-state index is 13.9. The van der Waals surface area contributed by atoms with Gasteiger partial charge in [0.05, 0.1) is 0 Å². The molecule has 1 aliphatic rings. The highest BCUT2D eigenvalue weighted by Crippen LogP contribution is 2.43. The molecule has 2 aromatic rings. The highest BCUT2D eigenvalue weighted by atomic mass is 19.2. The van der Waals surface area contributed by atoms with E-state index in [-0.39, 0.29) is 12.0 Å². The van der Waals surface area contributed by atoms with Gasteiger partial charge in [0.25, 0.3) is 0 Å². The summed E-state index contributed by atoms with van der Waals surface area (Å²) in [5.74, 6) is -4.12. The zero-order valence-corrected chi connectivity index (χ0v) is 9.96. The maximum absolute atomic E-state index is 13.9. The smallest absolute Gasteiger partial charge is 0.194 e. The average Bonchev–Trinajstić information content (AvgIpc) is 2.75. The normalized spacial score (nSPS) is 21.5. The number of fused-ring (bicyclic) bond motifs is 1. The third-order valence-corrected chi connectivity index (χ3v) is 3.70. The standard InChI is InChI=1S/C15H11F3O/c16-12-6-5-11(13(17)14(12)18)15(19)8-7-9-3-1-2-4-10(9)15/h1-6,19H,7-8H2. The summed E-state index contributed by atoms with van der Waals surface area (Å²) >= 11 is 0. The summed E-state index contributed by atoms with van der Waals surface area (Å²) in [5.41, 5.74) is -0.347. The molecule has 4 heteroatoms. The lowest BCUT2D eigenvalue weighted by Gasteiger charge is -2.25. The van der Waals surface area contributed by atoms with Gasteiger partial charge >= 0.3 is 0 Å². The molecule has 0 spiro atoms. The van der Waals surface area contributed by atoms with Gasteiger partial charge in [0.1, 0.15) is 5.60 Å². The summed E-state index contributed by atoms with van der Waals surface area (Å²) in [5, 5.41) is 10.7. The summed E-state index contributed by atoms with van der Waals surface area (Å²) in [6.45, 7) is 0. The van der Waals surface area contributed by atoms with Crippen LogP contribution in [0.25, 0.3) is 0 Å². The molecule has 98 valence electrons. The Kier molecular flexibility index (Phi) is 2.64. The van der Waals surface area contributed by atoms with Crippen LogP contribution in [0.1, 0.15) is 23.1 Å². The third-order valence-electron chi connectivity index (χ3n) is 3.70. The first-order valence-corrected chi connectivity index (χ1v) is 5.99. The van der Waals surface area contributed by atoms with Crippen molar-refractivity contribution in [2.75, 3.05) is 0 Å². The molecular weight excluding hydrogens is 253 g/mol. The van der Waals surface area contributed by atoms with Crippen LogP contribution in [0, 0.1) is 17.5 Å². The minimum absolute atomic E-state index is 0.212. The zero-order valence-electron chi connectivity index (χ0n) is 9.96. The van der Waals surface area contributed by atoms with Gasteiger partial charge in [-0.15, -0.1) is 0 Å². The molecule has 0 saturated heterocycles. The van der Waals surface area contributed by atoms with E-state index in [1.54, 1.807) is 12.1 Å². The van der Waals surface area contributed by atoms with Crippen molar-refractivity contribution in [1.82, 2.24) is 0 Å². The maximum Gasteiger partial charge on any atom is 0.194 e. The van der Waals surface area contributed by atoms with Crippen molar-refractivity contribution in [1.29, 1.82) is 0 Å². The van der Waals surface area contributed by atoms with Gasteiger partial charge < -0.3 is 5.11 Å². The van der Waals surface area contributed by atoms with Crippen LogP contribution in [-0.4, -0.2) is 5.11 Å². The Balaban J connectivity index is 2.21. The molecule has 2 aromatic carbocycles. The van der Waals surface area contributed by atoms with Crippen molar-refractivity contribution in [3.05, 3.63) is 70.5 Å². The molecule has 0 radical (unpaired) electrons. The molecule has 0 heterocycles. The fourth-order valence-electron chi connectivity index (χ4n) is 2.72. The number of hydrogen-bond acceptors (Lipinski definition) is 1. The van der Waals surface area contributed by atoms with E-state index in [2.05, 4.69) is 0 Å². The van der Waals surface area contributed by atoms with Crippen LogP contribution in [0.2, 0.25) is 0 Å². The van der Waals surface area contributed by atoms with Gasteiger partial charge in [0, 0.05) is 5.56 Å². The Morgan fingerprint density at radius 2 is 1.63 bits per heavy atom. The number of benzene rings is 2. The van der Waals surface area contributed by atoms with E-state index in [9.17, 15) is 18.3 Å². The lowest BCUT2D eigenvalue weighted by Crippen LogP contribution is -2.26. The van der Waals surface area contributed by atoms with Crippen LogP contribution >= 0.6 is 0 Å². The lowest BCUT2D eigenvalue weighted by atomic mass is 9.87. The molecule has 1 nitrogen and oxygen atoms in total. The van der Waals surface area contributed by atoms with Gasteiger partial charge in [-0.1, -0.05) is 24.3 Å². The number of rotatable bonds is 1. The van der Waals surface area contributed by atoms with Crippen molar-refractivity contribution in [2.45, 2.75) is 18.4 Å². The number of halogens is 3. The molecule has 3 rings (SSSR count). The molecule has 0 amide bonds. The monoisotopic (exact) mass is 264 g/mol. The molecule has 0 aromatic heterocycles. The molecular formula is C15H11F3O. The first-order valence-electron chi connectivity index (χ1n) is 5.99. The lowest BCUT2D eigenvalue weighted by molar-refractivity contribution is 0.0778. The Morgan fingerprint density at radius 1 is 0.895 bits per heavy atom. The first-order chi connectivity index (χ1) is 9.04. The Bertz CT molecular complexity index is 654. The quantitative estimate of drug-likeness (QED) is 0.784. The number of hydrogen-bond donors (Lipinski definition) is 1. The fourth-order valence-corrected chi connectivity index (χ4v) is 2.72. The van der Waals surface area contributed by atoms with Crippen molar-refractivity contribution >= 4 is 0 Å². The molecule has 0 saturated carbocycles. The molecule has 0 aliphatic heterocycles. The van der Waals surface area contributed by atoms with Crippen molar-refractivity contribution < 1.29 is 18.3 Å². The predicted octanol–water partition coefficient (Wildman–Crippen LogP) is 3.29. The summed E-state index contributed by atoms with van der Waals surface area (Å²) in [4.78, 5) is 0. The van der Waals surface area contributed by atoms with E-state index in [0.29, 0.717) is 12.0 Å². The second-order valence-electron chi connectivity index (χ2n) is 4.74. The Morgan fingerprint density at radius 3 is 2.42 bits per heavy atom. The summed E-state index contributed by atoms with van der Waals surface area (Å²) in [6, 6.07) is 9.02. The Labute approximate surface area is 108 Å². The van der Waals surface area contributed by atoms with E-state index >= 15 is 0 Å². The largest absolute Gasteiger partial charge is 0.380 e. The molecule has 1 N–H and O–H groups in total. The molecule has 0 fully saturated rings. The van der Waals surface area contributed by atoms with Crippen LogP contribution in [0.5, 0.6) is 0 Å². The van der Waals surface area contributed by atoms with Crippen LogP contribution in [0.4, 0.5) is 13.2 Å². The zero-order chi connectivity index (χ0) is 13.6. The van der Waals surface area contributed by atoms with Gasteiger partial charge in [-0.2, -0.15) is 0 Å². The van der Waals surface area contributed by atoms with Crippen LogP contribution in [0.15, 0.2) is 36.4 Å². The summed E-state index contributed by atoms with van der Waals surface area (Å²) in [7, 11) is 0. The van der Waals surface area contributed by atoms with Gasteiger partial charge in [-0.25, -0.2) is 13.2 Å². The molecule has 1 aliphatic carbocycles. The van der Waals surface area contributed by atoms with E-state index in [1.165, 1.54) is 0 Å². The minimum Gasteiger partial charge on any atom is -0.380 e. The molecule has 19 heavy (non-hydrogen) atoms. The highest BCUT2D eigenvalue weighted by Gasteiger charge is 2.41. The van der Waals surface area contributed by atoms with E-state index in [1.807, 2.05) is 12.1 Å². The second kappa shape index (κ2) is 4.10. The minimum atomic E-state index is -1.59. The van der Waals surface area contributed by atoms with Crippen LogP contribution in [0.3, 0.4) is 0 Å². The highest BCUT2D eigenvalue weighted by molar-refractivity contribution is 5.45. The van der Waals surface area contributed by atoms with Crippen LogP contribution < -0.4 is 0 Å². The molecule has 0 bridgehead atoms. The first kappa shape index (κ1) is 12.2. The van der Waals surface area contributed by atoms with Crippen LogP contribution in [-0.2, 0) is 12.0 Å². The summed E-state index contributed by atoms with van der Waals surface area (Å²) in [6.07, 6.45) is 0.833. The van der Waals surface area contributed by atoms with Gasteiger partial charge in [-0.05, 0) is 36.1 Å². The van der Waals surface area contributed by atoms with Crippen molar-refractivity contribution in [3.63, 3.8) is 0 Å². The van der Waals surface area contributed by atoms with Gasteiger partial charge in [0.2, 0.25) is 0 Å².